The molecule has 120 valence electrons. The summed E-state index contributed by atoms with van der Waals surface area (Å²) in [5.41, 5.74) is 1.83. The van der Waals surface area contributed by atoms with E-state index in [2.05, 4.69) is 5.32 Å². The van der Waals surface area contributed by atoms with Gasteiger partial charge in [-0.2, -0.15) is 0 Å². The highest BCUT2D eigenvalue weighted by Gasteiger charge is 2.38. The quantitative estimate of drug-likeness (QED) is 0.906. The maximum absolute atomic E-state index is 12.4. The summed E-state index contributed by atoms with van der Waals surface area (Å²) in [6.07, 6.45) is 5.06. The lowest BCUT2D eigenvalue weighted by Crippen LogP contribution is -2.32. The molecule has 1 N–H and O–H groups in total. The second-order valence-corrected chi connectivity index (χ2v) is 6.76. The van der Waals surface area contributed by atoms with E-state index < -0.39 is 0 Å². The molecule has 0 unspecified atom stereocenters. The fourth-order valence-electron chi connectivity index (χ4n) is 3.20. The van der Waals surface area contributed by atoms with Crippen LogP contribution < -0.4 is 5.32 Å². The molecule has 0 bridgehead atoms. The Labute approximate surface area is 132 Å². The first-order valence-electron chi connectivity index (χ1n) is 7.97. The van der Waals surface area contributed by atoms with Crippen LogP contribution >= 0.6 is 0 Å². The number of anilines is 1. The Bertz CT molecular complexity index is 529. The molecule has 2 rings (SSSR count). The van der Waals surface area contributed by atoms with Crippen molar-refractivity contribution in [3.8, 4) is 0 Å². The first-order valence-corrected chi connectivity index (χ1v) is 7.97. The third-order valence-electron chi connectivity index (χ3n) is 4.56. The molecule has 4 heteroatoms. The van der Waals surface area contributed by atoms with E-state index in [9.17, 15) is 9.59 Å². The monoisotopic (exact) mass is 302 g/mol. The summed E-state index contributed by atoms with van der Waals surface area (Å²) < 4.78 is 0. The van der Waals surface area contributed by atoms with Crippen molar-refractivity contribution >= 4 is 17.5 Å². The molecule has 1 aromatic rings. The van der Waals surface area contributed by atoms with Crippen molar-refractivity contribution in [3.05, 3.63) is 29.8 Å². The average Bonchev–Trinajstić information content (AvgIpc) is 2.89. The third kappa shape index (κ3) is 4.33. The summed E-state index contributed by atoms with van der Waals surface area (Å²) in [7, 11) is 3.55. The highest BCUT2D eigenvalue weighted by Crippen LogP contribution is 2.44. The van der Waals surface area contributed by atoms with Gasteiger partial charge >= 0.3 is 0 Å². The minimum Gasteiger partial charge on any atom is -0.349 e. The summed E-state index contributed by atoms with van der Waals surface area (Å²) in [5.74, 6) is 0.127. The molecule has 0 aromatic heterocycles. The van der Waals surface area contributed by atoms with Gasteiger partial charge in [0.05, 0.1) is 0 Å². The van der Waals surface area contributed by atoms with Gasteiger partial charge in [0.1, 0.15) is 0 Å². The SMILES string of the molecule is Cc1ccc(NC(=O)CC2(CC(=O)N(C)C)CCCC2)cc1. The Morgan fingerprint density at radius 1 is 1.09 bits per heavy atom. The molecular weight excluding hydrogens is 276 g/mol. The number of nitrogens with zero attached hydrogens (tertiary/aromatic N) is 1. The Morgan fingerprint density at radius 2 is 1.68 bits per heavy atom. The second-order valence-electron chi connectivity index (χ2n) is 6.76. The molecule has 1 saturated carbocycles. The zero-order valence-corrected chi connectivity index (χ0v) is 13.8. The molecule has 0 atom stereocenters. The molecule has 4 nitrogen and oxygen atoms in total. The molecule has 0 saturated heterocycles. The van der Waals surface area contributed by atoms with Crippen molar-refractivity contribution in [2.24, 2.45) is 5.41 Å². The summed E-state index contributed by atoms with van der Waals surface area (Å²) in [6, 6.07) is 7.80. The first kappa shape index (κ1) is 16.5. The summed E-state index contributed by atoms with van der Waals surface area (Å²) in [5, 5.41) is 2.96. The number of rotatable bonds is 5. The van der Waals surface area contributed by atoms with E-state index in [4.69, 9.17) is 0 Å². The summed E-state index contributed by atoms with van der Waals surface area (Å²) in [4.78, 5) is 26.1. The summed E-state index contributed by atoms with van der Waals surface area (Å²) >= 11 is 0. The molecule has 1 fully saturated rings. The zero-order valence-electron chi connectivity index (χ0n) is 13.8. The predicted octanol–water partition coefficient (Wildman–Crippen LogP) is 3.36. The highest BCUT2D eigenvalue weighted by molar-refractivity contribution is 5.91. The Morgan fingerprint density at radius 3 is 2.23 bits per heavy atom. The van der Waals surface area contributed by atoms with Gasteiger partial charge in [0.25, 0.3) is 0 Å². The van der Waals surface area contributed by atoms with Crippen molar-refractivity contribution in [1.82, 2.24) is 4.90 Å². The second kappa shape index (κ2) is 6.95. The van der Waals surface area contributed by atoms with Crippen LogP contribution in [0.1, 0.15) is 44.1 Å². The van der Waals surface area contributed by atoms with Crippen LogP contribution in [0.3, 0.4) is 0 Å². The zero-order chi connectivity index (χ0) is 16.2. The molecule has 0 spiro atoms. The lowest BCUT2D eigenvalue weighted by Gasteiger charge is -2.29. The van der Waals surface area contributed by atoms with E-state index in [0.29, 0.717) is 12.8 Å². The number of carbonyl (C=O) groups is 2. The Kier molecular flexibility index (Phi) is 5.22. The molecule has 2 amide bonds. The third-order valence-corrected chi connectivity index (χ3v) is 4.56. The number of hydrogen-bond donors (Lipinski definition) is 1. The van der Waals surface area contributed by atoms with Gasteiger partial charge in [-0.3, -0.25) is 9.59 Å². The lowest BCUT2D eigenvalue weighted by molar-refractivity contribution is -0.131. The largest absolute Gasteiger partial charge is 0.349 e. The van der Waals surface area contributed by atoms with Gasteiger partial charge < -0.3 is 10.2 Å². The Balaban J connectivity index is 1.99. The predicted molar refractivity (Wildman–Crippen MR) is 88.6 cm³/mol. The molecule has 0 aliphatic heterocycles. The van der Waals surface area contributed by atoms with Gasteiger partial charge in [0.15, 0.2) is 0 Å². The van der Waals surface area contributed by atoms with Crippen LogP contribution in [0.4, 0.5) is 5.69 Å². The highest BCUT2D eigenvalue weighted by atomic mass is 16.2. The minimum atomic E-state index is -0.157. The van der Waals surface area contributed by atoms with Crippen LogP contribution in [0.25, 0.3) is 0 Å². The van der Waals surface area contributed by atoms with Gasteiger partial charge in [0, 0.05) is 32.6 Å². The van der Waals surface area contributed by atoms with E-state index >= 15 is 0 Å². The number of hydrogen-bond acceptors (Lipinski definition) is 2. The fraction of sp³-hybridized carbons (Fsp3) is 0.556. The van der Waals surface area contributed by atoms with E-state index in [1.54, 1.807) is 19.0 Å². The van der Waals surface area contributed by atoms with E-state index in [1.165, 1.54) is 5.56 Å². The topological polar surface area (TPSA) is 49.4 Å². The number of aryl methyl sites for hydroxylation is 1. The van der Waals surface area contributed by atoms with Gasteiger partial charge in [-0.1, -0.05) is 30.5 Å². The normalized spacial score (nSPS) is 16.3. The van der Waals surface area contributed by atoms with Crippen molar-refractivity contribution in [2.75, 3.05) is 19.4 Å². The molecule has 0 radical (unpaired) electrons. The number of benzene rings is 1. The Hall–Kier alpha value is -1.84. The van der Waals surface area contributed by atoms with Crippen molar-refractivity contribution < 1.29 is 9.59 Å². The average molecular weight is 302 g/mol. The van der Waals surface area contributed by atoms with E-state index in [1.807, 2.05) is 31.2 Å². The summed E-state index contributed by atoms with van der Waals surface area (Å²) in [6.45, 7) is 2.02. The van der Waals surface area contributed by atoms with Gasteiger partial charge in [0.2, 0.25) is 11.8 Å². The molecule has 1 aliphatic carbocycles. The number of carbonyl (C=O) groups excluding carboxylic acids is 2. The van der Waals surface area contributed by atoms with Crippen LogP contribution in [-0.2, 0) is 9.59 Å². The van der Waals surface area contributed by atoms with Gasteiger partial charge in [-0.05, 0) is 37.3 Å². The van der Waals surface area contributed by atoms with Crippen LogP contribution in [-0.4, -0.2) is 30.8 Å². The van der Waals surface area contributed by atoms with Gasteiger partial charge in [-0.15, -0.1) is 0 Å². The van der Waals surface area contributed by atoms with Crippen molar-refractivity contribution in [3.63, 3.8) is 0 Å². The molecule has 22 heavy (non-hydrogen) atoms. The minimum absolute atomic E-state index is 0.0114. The van der Waals surface area contributed by atoms with E-state index in [0.717, 1.165) is 31.4 Å². The molecular formula is C18H26N2O2. The van der Waals surface area contributed by atoms with Crippen LogP contribution in [0.2, 0.25) is 0 Å². The number of amides is 2. The lowest BCUT2D eigenvalue weighted by atomic mass is 9.78. The smallest absolute Gasteiger partial charge is 0.224 e. The molecule has 0 heterocycles. The van der Waals surface area contributed by atoms with Crippen molar-refractivity contribution in [1.29, 1.82) is 0 Å². The molecule has 1 aromatic carbocycles. The van der Waals surface area contributed by atoms with Crippen LogP contribution in [0.5, 0.6) is 0 Å². The van der Waals surface area contributed by atoms with E-state index in [-0.39, 0.29) is 17.2 Å². The molecule has 1 aliphatic rings. The maximum atomic E-state index is 12.4. The van der Waals surface area contributed by atoms with Gasteiger partial charge in [-0.25, -0.2) is 0 Å². The maximum Gasteiger partial charge on any atom is 0.224 e. The number of nitrogens with one attached hydrogen (secondary N) is 1. The first-order chi connectivity index (χ1) is 10.4. The van der Waals surface area contributed by atoms with Crippen molar-refractivity contribution in [2.45, 2.75) is 45.4 Å². The van der Waals surface area contributed by atoms with Crippen LogP contribution in [0.15, 0.2) is 24.3 Å². The van der Waals surface area contributed by atoms with Crippen LogP contribution in [0, 0.1) is 12.3 Å². The standard InChI is InChI=1S/C18H26N2O2/c1-14-6-8-15(9-7-14)19-16(21)12-18(10-4-5-11-18)13-17(22)20(2)3/h6-9H,4-5,10-13H2,1-3H3,(H,19,21). The fourth-order valence-corrected chi connectivity index (χ4v) is 3.20.